The van der Waals surface area contributed by atoms with E-state index in [9.17, 15) is 0 Å². The molecule has 2 aliphatic heterocycles. The molecule has 0 aromatic heterocycles. The molecule has 2 aromatic rings. The molecule has 2 atom stereocenters. The van der Waals surface area contributed by atoms with Crippen molar-refractivity contribution in [3.05, 3.63) is 57.6 Å². The molecule has 4 nitrogen and oxygen atoms in total. The van der Waals surface area contributed by atoms with E-state index in [0.717, 1.165) is 57.3 Å². The standard InChI is InChI=1S/C27H38N2O2/c1-18-9-24(10-19(2)26(18)30-16-22-5-7-28-14-22)13-25-11-20(3)27(21(4)12-25)31-17-23-6-8-29-15-23/h9-12,22-23,28-29H,5-8,13-17H2,1-4H3. The lowest BCUT2D eigenvalue weighted by molar-refractivity contribution is 0.257. The Morgan fingerprint density at radius 2 is 1.06 bits per heavy atom. The van der Waals surface area contributed by atoms with E-state index in [1.165, 1.54) is 46.2 Å². The van der Waals surface area contributed by atoms with Crippen LogP contribution in [-0.4, -0.2) is 39.4 Å². The quantitative estimate of drug-likeness (QED) is 0.658. The van der Waals surface area contributed by atoms with E-state index in [0.29, 0.717) is 11.8 Å². The molecule has 0 spiro atoms. The highest BCUT2D eigenvalue weighted by molar-refractivity contribution is 5.47. The second-order valence-electron chi connectivity index (χ2n) is 9.63. The highest BCUT2D eigenvalue weighted by Crippen LogP contribution is 2.30. The number of ether oxygens (including phenoxy) is 2. The van der Waals surface area contributed by atoms with Crippen LogP contribution in [0.1, 0.15) is 46.2 Å². The normalized spacial score (nSPS) is 20.9. The Hall–Kier alpha value is -2.04. The molecule has 2 aromatic carbocycles. The molecule has 0 radical (unpaired) electrons. The lowest BCUT2D eigenvalue weighted by Crippen LogP contribution is -2.16. The molecule has 31 heavy (non-hydrogen) atoms. The lowest BCUT2D eigenvalue weighted by atomic mass is 9.97. The summed E-state index contributed by atoms with van der Waals surface area (Å²) in [6, 6.07) is 9.16. The lowest BCUT2D eigenvalue weighted by Gasteiger charge is -2.18. The molecule has 4 rings (SSSR count). The van der Waals surface area contributed by atoms with Gasteiger partial charge in [0.1, 0.15) is 11.5 Å². The zero-order chi connectivity index (χ0) is 21.8. The van der Waals surface area contributed by atoms with Gasteiger partial charge in [0.2, 0.25) is 0 Å². The Bertz CT molecular complexity index is 777. The molecular weight excluding hydrogens is 384 g/mol. The summed E-state index contributed by atoms with van der Waals surface area (Å²) in [5.74, 6) is 3.39. The third-order valence-corrected chi connectivity index (χ3v) is 6.70. The molecule has 0 bridgehead atoms. The summed E-state index contributed by atoms with van der Waals surface area (Å²) >= 11 is 0. The minimum absolute atomic E-state index is 0.634. The predicted molar refractivity (Wildman–Crippen MR) is 128 cm³/mol. The molecule has 2 heterocycles. The maximum atomic E-state index is 6.22. The molecule has 0 amide bonds. The van der Waals surface area contributed by atoms with Gasteiger partial charge in [0.15, 0.2) is 0 Å². The van der Waals surface area contributed by atoms with Gasteiger partial charge in [0.05, 0.1) is 13.2 Å². The van der Waals surface area contributed by atoms with Gasteiger partial charge in [-0.2, -0.15) is 0 Å². The van der Waals surface area contributed by atoms with Crippen molar-refractivity contribution in [3.8, 4) is 11.5 Å². The van der Waals surface area contributed by atoms with Crippen LogP contribution in [0, 0.1) is 39.5 Å². The van der Waals surface area contributed by atoms with Gasteiger partial charge in [-0.25, -0.2) is 0 Å². The first kappa shape index (κ1) is 22.2. The second-order valence-corrected chi connectivity index (χ2v) is 9.63. The predicted octanol–water partition coefficient (Wildman–Crippen LogP) is 4.49. The summed E-state index contributed by atoms with van der Waals surface area (Å²) in [5.41, 5.74) is 7.63. The number of benzene rings is 2. The Balaban J connectivity index is 1.41. The molecule has 0 aliphatic carbocycles. The van der Waals surface area contributed by atoms with Gasteiger partial charge in [-0.15, -0.1) is 0 Å². The monoisotopic (exact) mass is 422 g/mol. The van der Waals surface area contributed by atoms with E-state index in [1.54, 1.807) is 0 Å². The van der Waals surface area contributed by atoms with E-state index in [4.69, 9.17) is 9.47 Å². The van der Waals surface area contributed by atoms with Crippen LogP contribution < -0.4 is 20.1 Å². The fourth-order valence-corrected chi connectivity index (χ4v) is 5.09. The van der Waals surface area contributed by atoms with Crippen molar-refractivity contribution >= 4 is 0 Å². The number of rotatable bonds is 8. The average Bonchev–Trinajstić information content (AvgIpc) is 3.40. The van der Waals surface area contributed by atoms with Crippen molar-refractivity contribution in [3.63, 3.8) is 0 Å². The molecule has 2 N–H and O–H groups in total. The summed E-state index contributed by atoms with van der Waals surface area (Å²) in [5, 5.41) is 6.83. The molecule has 2 aliphatic rings. The Labute approximate surface area is 187 Å². The summed E-state index contributed by atoms with van der Waals surface area (Å²) < 4.78 is 12.4. The van der Waals surface area contributed by atoms with Gasteiger partial charge in [-0.3, -0.25) is 0 Å². The first-order chi connectivity index (χ1) is 15.0. The van der Waals surface area contributed by atoms with E-state index in [1.807, 2.05) is 0 Å². The van der Waals surface area contributed by atoms with Crippen LogP contribution in [0.15, 0.2) is 24.3 Å². The Morgan fingerprint density at radius 1 is 0.677 bits per heavy atom. The summed E-state index contributed by atoms with van der Waals surface area (Å²) in [6.45, 7) is 14.7. The topological polar surface area (TPSA) is 42.5 Å². The molecule has 4 heteroatoms. The summed E-state index contributed by atoms with van der Waals surface area (Å²) in [6.07, 6.45) is 3.36. The first-order valence-corrected chi connectivity index (χ1v) is 11.9. The maximum absolute atomic E-state index is 6.22. The van der Waals surface area contributed by atoms with Crippen molar-refractivity contribution in [2.24, 2.45) is 11.8 Å². The smallest absolute Gasteiger partial charge is 0.125 e. The third-order valence-electron chi connectivity index (χ3n) is 6.70. The zero-order valence-electron chi connectivity index (χ0n) is 19.6. The fraction of sp³-hybridized carbons (Fsp3) is 0.556. The van der Waals surface area contributed by atoms with Crippen molar-refractivity contribution < 1.29 is 9.47 Å². The minimum Gasteiger partial charge on any atom is -0.493 e. The van der Waals surface area contributed by atoms with Crippen molar-refractivity contribution in [1.29, 1.82) is 0 Å². The maximum Gasteiger partial charge on any atom is 0.125 e. The number of aryl methyl sites for hydroxylation is 4. The summed E-state index contributed by atoms with van der Waals surface area (Å²) in [4.78, 5) is 0. The van der Waals surface area contributed by atoms with Crippen molar-refractivity contribution in [2.45, 2.75) is 47.0 Å². The molecule has 168 valence electrons. The molecular formula is C27H38N2O2. The molecule has 0 saturated carbocycles. The summed E-state index contributed by atoms with van der Waals surface area (Å²) in [7, 11) is 0. The van der Waals surface area contributed by atoms with E-state index < -0.39 is 0 Å². The zero-order valence-corrected chi connectivity index (χ0v) is 19.6. The fourth-order valence-electron chi connectivity index (χ4n) is 5.09. The van der Waals surface area contributed by atoms with Crippen LogP contribution in [0.4, 0.5) is 0 Å². The third kappa shape index (κ3) is 5.61. The molecule has 2 saturated heterocycles. The first-order valence-electron chi connectivity index (χ1n) is 11.9. The van der Waals surface area contributed by atoms with Gasteiger partial charge in [0.25, 0.3) is 0 Å². The highest BCUT2D eigenvalue weighted by Gasteiger charge is 2.18. The number of hydrogen-bond donors (Lipinski definition) is 2. The van der Waals surface area contributed by atoms with Crippen LogP contribution in [-0.2, 0) is 6.42 Å². The second kappa shape index (κ2) is 10.1. The van der Waals surface area contributed by atoms with Crippen molar-refractivity contribution in [2.75, 3.05) is 39.4 Å². The minimum atomic E-state index is 0.634. The van der Waals surface area contributed by atoms with Gasteiger partial charge in [-0.05, 0) is 93.4 Å². The van der Waals surface area contributed by atoms with Crippen LogP contribution >= 0.6 is 0 Å². The molecule has 2 unspecified atom stereocenters. The average molecular weight is 423 g/mol. The largest absolute Gasteiger partial charge is 0.493 e. The van der Waals surface area contributed by atoms with Crippen LogP contribution in [0.25, 0.3) is 0 Å². The van der Waals surface area contributed by atoms with E-state index in [-0.39, 0.29) is 0 Å². The SMILES string of the molecule is Cc1cc(Cc2cc(C)c(OCC3CCNC3)c(C)c2)cc(C)c1OCC1CCNC1. The van der Waals surface area contributed by atoms with Gasteiger partial charge >= 0.3 is 0 Å². The van der Waals surface area contributed by atoms with Gasteiger partial charge in [-0.1, -0.05) is 24.3 Å². The Morgan fingerprint density at radius 3 is 1.39 bits per heavy atom. The number of hydrogen-bond acceptors (Lipinski definition) is 4. The van der Waals surface area contributed by atoms with E-state index in [2.05, 4.69) is 62.6 Å². The highest BCUT2D eigenvalue weighted by atomic mass is 16.5. The van der Waals surface area contributed by atoms with Crippen LogP contribution in [0.5, 0.6) is 11.5 Å². The van der Waals surface area contributed by atoms with Crippen LogP contribution in [0.2, 0.25) is 0 Å². The van der Waals surface area contributed by atoms with Crippen molar-refractivity contribution in [1.82, 2.24) is 10.6 Å². The molecule has 2 fully saturated rings. The van der Waals surface area contributed by atoms with E-state index >= 15 is 0 Å². The van der Waals surface area contributed by atoms with Crippen LogP contribution in [0.3, 0.4) is 0 Å². The van der Waals surface area contributed by atoms with Gasteiger partial charge < -0.3 is 20.1 Å². The number of nitrogens with one attached hydrogen (secondary N) is 2. The Kier molecular flexibility index (Phi) is 7.19. The van der Waals surface area contributed by atoms with Gasteiger partial charge in [0, 0.05) is 24.9 Å².